The first-order chi connectivity index (χ1) is 14.0. The molecule has 0 saturated carbocycles. The lowest BCUT2D eigenvalue weighted by molar-refractivity contribution is -0.125. The van der Waals surface area contributed by atoms with Gasteiger partial charge in [-0.1, -0.05) is 60.3 Å². The van der Waals surface area contributed by atoms with Crippen LogP contribution in [0.3, 0.4) is 0 Å². The number of benzene rings is 2. The van der Waals surface area contributed by atoms with Crippen LogP contribution in [0.15, 0.2) is 60.7 Å². The molecule has 8 heteroatoms. The molecule has 4 amide bonds. The molecular formula is C21H21N3O4S. The van der Waals surface area contributed by atoms with Gasteiger partial charge in [-0.3, -0.25) is 24.1 Å². The molecule has 0 radical (unpaired) electrons. The van der Waals surface area contributed by atoms with Crippen LogP contribution in [0.5, 0.6) is 0 Å². The molecule has 2 aromatic carbocycles. The molecule has 0 bridgehead atoms. The third kappa shape index (κ3) is 5.68. The molecule has 2 aromatic rings. The molecule has 0 spiro atoms. The molecule has 0 aromatic heterocycles. The topological polar surface area (TPSA) is 95.6 Å². The van der Waals surface area contributed by atoms with Gasteiger partial charge in [-0.05, 0) is 17.7 Å². The zero-order valence-corrected chi connectivity index (χ0v) is 16.5. The Balaban J connectivity index is 1.59. The van der Waals surface area contributed by atoms with Crippen LogP contribution in [0.2, 0.25) is 0 Å². The fourth-order valence-electron chi connectivity index (χ4n) is 2.93. The van der Waals surface area contributed by atoms with Crippen molar-refractivity contribution in [3.63, 3.8) is 0 Å². The van der Waals surface area contributed by atoms with Gasteiger partial charge >= 0.3 is 0 Å². The summed E-state index contributed by atoms with van der Waals surface area (Å²) in [5, 5.41) is 5.33. The minimum Gasteiger partial charge on any atom is -0.354 e. The monoisotopic (exact) mass is 411 g/mol. The lowest BCUT2D eigenvalue weighted by atomic mass is 10.0. The zero-order valence-electron chi connectivity index (χ0n) is 15.7. The molecule has 1 atom stereocenters. The molecule has 150 valence electrons. The van der Waals surface area contributed by atoms with Crippen molar-refractivity contribution in [3.05, 3.63) is 71.8 Å². The number of carbonyl (C=O) groups excluding carboxylic acids is 4. The number of carbonyl (C=O) groups is 4. The van der Waals surface area contributed by atoms with Crippen LogP contribution in [-0.4, -0.2) is 46.7 Å². The Hall–Kier alpha value is -3.13. The van der Waals surface area contributed by atoms with Crippen molar-refractivity contribution < 1.29 is 19.2 Å². The van der Waals surface area contributed by atoms with E-state index in [1.165, 1.54) is 0 Å². The number of rotatable bonds is 8. The SMILES string of the molecule is O=C(CC(NC(=O)c1ccccc1)c1ccccc1)NCCN1C(=O)CSC1=O. The van der Waals surface area contributed by atoms with Crippen molar-refractivity contribution in [2.45, 2.75) is 12.5 Å². The fourth-order valence-corrected chi connectivity index (χ4v) is 3.68. The number of nitrogens with zero attached hydrogens (tertiary/aromatic N) is 1. The molecule has 1 unspecified atom stereocenters. The first kappa shape index (κ1) is 20.6. The van der Waals surface area contributed by atoms with E-state index < -0.39 is 6.04 Å². The van der Waals surface area contributed by atoms with Gasteiger partial charge in [0.15, 0.2) is 0 Å². The highest BCUT2D eigenvalue weighted by molar-refractivity contribution is 8.14. The van der Waals surface area contributed by atoms with E-state index in [4.69, 9.17) is 0 Å². The number of amides is 4. The summed E-state index contributed by atoms with van der Waals surface area (Å²) < 4.78 is 0. The van der Waals surface area contributed by atoms with Crippen LogP contribution < -0.4 is 10.6 Å². The van der Waals surface area contributed by atoms with Gasteiger partial charge < -0.3 is 10.6 Å². The van der Waals surface area contributed by atoms with Gasteiger partial charge in [-0.2, -0.15) is 0 Å². The minimum atomic E-state index is -0.505. The van der Waals surface area contributed by atoms with Crippen LogP contribution >= 0.6 is 11.8 Å². The first-order valence-corrected chi connectivity index (χ1v) is 10.2. The highest BCUT2D eigenvalue weighted by atomic mass is 32.2. The standard InChI is InChI=1S/C21H21N3O4S/c25-18(22-11-12-24-19(26)14-29-21(24)28)13-17(15-7-3-1-4-8-15)23-20(27)16-9-5-2-6-10-16/h1-10,17H,11-14H2,(H,22,25)(H,23,27). The molecule has 0 aliphatic carbocycles. The summed E-state index contributed by atoms with van der Waals surface area (Å²) in [5.41, 5.74) is 1.32. The maximum Gasteiger partial charge on any atom is 0.288 e. The maximum atomic E-state index is 12.5. The zero-order chi connectivity index (χ0) is 20.6. The molecular weight excluding hydrogens is 390 g/mol. The van der Waals surface area contributed by atoms with Crippen LogP contribution in [0.1, 0.15) is 28.4 Å². The largest absolute Gasteiger partial charge is 0.354 e. The molecule has 1 fully saturated rings. The quantitative estimate of drug-likeness (QED) is 0.695. The van der Waals surface area contributed by atoms with Crippen molar-refractivity contribution in [1.82, 2.24) is 15.5 Å². The Bertz CT molecular complexity index is 873. The van der Waals surface area contributed by atoms with E-state index in [9.17, 15) is 19.2 Å². The van der Waals surface area contributed by atoms with E-state index in [2.05, 4.69) is 10.6 Å². The summed E-state index contributed by atoms with van der Waals surface area (Å²) in [6.45, 7) is 0.313. The van der Waals surface area contributed by atoms with Crippen molar-refractivity contribution in [2.24, 2.45) is 0 Å². The third-order valence-corrected chi connectivity index (χ3v) is 5.29. The molecule has 1 heterocycles. The Morgan fingerprint density at radius 1 is 1.00 bits per heavy atom. The molecule has 2 N–H and O–H groups in total. The second-order valence-corrected chi connectivity index (χ2v) is 7.38. The van der Waals surface area contributed by atoms with Crippen molar-refractivity contribution >= 4 is 34.7 Å². The van der Waals surface area contributed by atoms with Gasteiger partial charge in [-0.15, -0.1) is 0 Å². The normalized spacial score (nSPS) is 14.6. The number of imide groups is 1. The predicted molar refractivity (Wildman–Crippen MR) is 110 cm³/mol. The number of thioether (sulfide) groups is 1. The lowest BCUT2D eigenvalue weighted by Gasteiger charge is -2.20. The van der Waals surface area contributed by atoms with Gasteiger partial charge in [0.05, 0.1) is 18.2 Å². The molecule has 3 rings (SSSR count). The molecule has 29 heavy (non-hydrogen) atoms. The third-order valence-electron chi connectivity index (χ3n) is 4.43. The Morgan fingerprint density at radius 2 is 1.66 bits per heavy atom. The molecule has 1 saturated heterocycles. The van der Waals surface area contributed by atoms with E-state index in [-0.39, 0.29) is 48.2 Å². The van der Waals surface area contributed by atoms with E-state index in [1.54, 1.807) is 24.3 Å². The Kier molecular flexibility index (Phi) is 7.02. The fraction of sp³-hybridized carbons (Fsp3) is 0.238. The molecule has 1 aliphatic rings. The molecule has 7 nitrogen and oxygen atoms in total. The second kappa shape index (κ2) is 9.88. The number of nitrogens with one attached hydrogen (secondary N) is 2. The van der Waals surface area contributed by atoms with Gasteiger partial charge in [-0.25, -0.2) is 0 Å². The Labute approximate surface area is 172 Å². The number of hydrogen-bond donors (Lipinski definition) is 2. The maximum absolute atomic E-state index is 12.5. The highest BCUT2D eigenvalue weighted by Gasteiger charge is 2.29. The average molecular weight is 411 g/mol. The van der Waals surface area contributed by atoms with Crippen molar-refractivity contribution in [2.75, 3.05) is 18.8 Å². The minimum absolute atomic E-state index is 0.0409. The van der Waals surface area contributed by atoms with Crippen LogP contribution in [0, 0.1) is 0 Å². The summed E-state index contributed by atoms with van der Waals surface area (Å²) in [5.74, 6) is -0.642. The van der Waals surface area contributed by atoms with Crippen LogP contribution in [0.25, 0.3) is 0 Å². The van der Waals surface area contributed by atoms with Crippen molar-refractivity contribution in [1.29, 1.82) is 0 Å². The van der Waals surface area contributed by atoms with E-state index in [0.29, 0.717) is 5.56 Å². The van der Waals surface area contributed by atoms with Crippen LogP contribution in [-0.2, 0) is 9.59 Å². The number of hydrogen-bond acceptors (Lipinski definition) is 5. The van der Waals surface area contributed by atoms with Gasteiger partial charge in [0, 0.05) is 18.7 Å². The smallest absolute Gasteiger partial charge is 0.288 e. The molecule has 1 aliphatic heterocycles. The van der Waals surface area contributed by atoms with E-state index >= 15 is 0 Å². The average Bonchev–Trinajstić information content (AvgIpc) is 3.06. The van der Waals surface area contributed by atoms with Gasteiger partial charge in [0.25, 0.3) is 11.1 Å². The Morgan fingerprint density at radius 3 is 2.28 bits per heavy atom. The van der Waals surface area contributed by atoms with E-state index in [1.807, 2.05) is 36.4 Å². The van der Waals surface area contributed by atoms with Gasteiger partial charge in [0.2, 0.25) is 11.8 Å². The summed E-state index contributed by atoms with van der Waals surface area (Å²) in [6.07, 6.45) is 0.0409. The summed E-state index contributed by atoms with van der Waals surface area (Å²) in [6, 6.07) is 17.5. The van der Waals surface area contributed by atoms with Crippen molar-refractivity contribution in [3.8, 4) is 0 Å². The highest BCUT2D eigenvalue weighted by Crippen LogP contribution is 2.19. The van der Waals surface area contributed by atoms with Gasteiger partial charge in [0.1, 0.15) is 0 Å². The lowest BCUT2D eigenvalue weighted by Crippen LogP contribution is -2.39. The summed E-state index contributed by atoms with van der Waals surface area (Å²) in [7, 11) is 0. The first-order valence-electron chi connectivity index (χ1n) is 9.19. The summed E-state index contributed by atoms with van der Waals surface area (Å²) >= 11 is 0.962. The second-order valence-electron chi connectivity index (χ2n) is 6.46. The van der Waals surface area contributed by atoms with Crippen LogP contribution in [0.4, 0.5) is 4.79 Å². The predicted octanol–water partition coefficient (Wildman–Crippen LogP) is 2.36. The van der Waals surface area contributed by atoms with E-state index in [0.717, 1.165) is 22.2 Å². The summed E-state index contributed by atoms with van der Waals surface area (Å²) in [4.78, 5) is 49.3.